The van der Waals surface area contributed by atoms with Crippen molar-refractivity contribution in [1.82, 2.24) is 0 Å². The first kappa shape index (κ1) is 13.3. The van der Waals surface area contributed by atoms with Crippen LogP contribution in [0.4, 0.5) is 5.69 Å². The minimum absolute atomic E-state index is 0.0824. The molecule has 1 atom stereocenters. The Morgan fingerprint density at radius 1 is 1.53 bits per heavy atom. The van der Waals surface area contributed by atoms with Crippen LogP contribution in [0.15, 0.2) is 30.4 Å². The zero-order valence-corrected chi connectivity index (χ0v) is 11.2. The Kier molecular flexibility index (Phi) is 3.69. The van der Waals surface area contributed by atoms with E-state index in [0.29, 0.717) is 30.0 Å². The van der Waals surface area contributed by atoms with E-state index in [1.165, 1.54) is 0 Å². The summed E-state index contributed by atoms with van der Waals surface area (Å²) in [6, 6.07) is 5.10. The molecule has 0 aliphatic carbocycles. The van der Waals surface area contributed by atoms with Gasteiger partial charge in [-0.25, -0.2) is 0 Å². The number of ether oxygens (including phenoxy) is 1. The smallest absolute Gasteiger partial charge is 0.268 e. The molecule has 100 valence electrons. The minimum Gasteiger partial charge on any atom is -0.478 e. The Balaban J connectivity index is 2.48. The molecule has 19 heavy (non-hydrogen) atoms. The average molecular weight is 259 g/mol. The van der Waals surface area contributed by atoms with E-state index in [0.717, 1.165) is 11.9 Å². The highest BCUT2D eigenvalue weighted by Crippen LogP contribution is 2.35. The molecule has 4 heteroatoms. The third kappa shape index (κ3) is 2.52. The van der Waals surface area contributed by atoms with E-state index in [1.807, 2.05) is 13.8 Å². The molecular weight excluding hydrogens is 242 g/mol. The maximum Gasteiger partial charge on any atom is 0.268 e. The summed E-state index contributed by atoms with van der Waals surface area (Å²) in [4.78, 5) is 24.8. The van der Waals surface area contributed by atoms with Crippen molar-refractivity contribution in [1.29, 1.82) is 0 Å². The second-order valence-electron chi connectivity index (χ2n) is 4.74. The van der Waals surface area contributed by atoms with E-state index >= 15 is 0 Å². The molecular formula is C15H17NO3. The molecule has 1 heterocycles. The minimum atomic E-state index is -0.464. The van der Waals surface area contributed by atoms with Crippen molar-refractivity contribution in [2.24, 2.45) is 0 Å². The SMILES string of the molecule is C=C(C)CN1C(=O)C(CC)Oc2ccc(C=O)cc21. The van der Waals surface area contributed by atoms with E-state index in [2.05, 4.69) is 6.58 Å². The van der Waals surface area contributed by atoms with Gasteiger partial charge in [-0.3, -0.25) is 9.59 Å². The fourth-order valence-corrected chi connectivity index (χ4v) is 2.11. The third-order valence-corrected chi connectivity index (χ3v) is 3.02. The van der Waals surface area contributed by atoms with Gasteiger partial charge < -0.3 is 9.64 Å². The molecule has 4 nitrogen and oxygen atoms in total. The van der Waals surface area contributed by atoms with Crippen molar-refractivity contribution >= 4 is 17.9 Å². The molecule has 0 saturated heterocycles. The molecule has 1 aromatic rings. The Morgan fingerprint density at radius 3 is 2.84 bits per heavy atom. The lowest BCUT2D eigenvalue weighted by molar-refractivity contribution is -0.126. The largest absolute Gasteiger partial charge is 0.478 e. The van der Waals surface area contributed by atoms with Crippen LogP contribution in [0.1, 0.15) is 30.6 Å². The van der Waals surface area contributed by atoms with Gasteiger partial charge in [0.2, 0.25) is 0 Å². The van der Waals surface area contributed by atoms with Crippen molar-refractivity contribution in [3.05, 3.63) is 35.9 Å². The first-order valence-corrected chi connectivity index (χ1v) is 6.28. The lowest BCUT2D eigenvalue weighted by Gasteiger charge is -2.34. The number of fused-ring (bicyclic) bond motifs is 1. The standard InChI is InChI=1S/C15H17NO3/c1-4-13-15(18)16(8-10(2)3)12-7-11(9-17)5-6-14(12)19-13/h5-7,9,13H,2,4,8H2,1,3H3. The maximum absolute atomic E-state index is 12.3. The zero-order valence-electron chi connectivity index (χ0n) is 11.2. The van der Waals surface area contributed by atoms with Gasteiger partial charge in [0.05, 0.1) is 5.69 Å². The van der Waals surface area contributed by atoms with E-state index in [-0.39, 0.29) is 5.91 Å². The number of aldehydes is 1. The molecule has 1 aliphatic rings. The molecule has 1 aromatic carbocycles. The van der Waals surface area contributed by atoms with Gasteiger partial charge in [0, 0.05) is 12.1 Å². The van der Waals surface area contributed by atoms with Crippen molar-refractivity contribution in [3.63, 3.8) is 0 Å². The van der Waals surface area contributed by atoms with Crippen LogP contribution in [-0.4, -0.2) is 24.8 Å². The highest BCUT2D eigenvalue weighted by Gasteiger charge is 2.33. The number of anilines is 1. The first-order valence-electron chi connectivity index (χ1n) is 6.28. The Morgan fingerprint density at radius 2 is 2.26 bits per heavy atom. The van der Waals surface area contributed by atoms with Gasteiger partial charge in [-0.05, 0) is 31.5 Å². The van der Waals surface area contributed by atoms with Gasteiger partial charge in [0.25, 0.3) is 5.91 Å². The Labute approximate surface area is 112 Å². The first-order chi connectivity index (χ1) is 9.06. The van der Waals surface area contributed by atoms with Gasteiger partial charge in [-0.1, -0.05) is 19.1 Å². The number of hydrogen-bond acceptors (Lipinski definition) is 3. The normalized spacial score (nSPS) is 17.7. The summed E-state index contributed by atoms with van der Waals surface area (Å²) in [6.07, 6.45) is 0.907. The summed E-state index contributed by atoms with van der Waals surface area (Å²) in [6.45, 7) is 8.06. The number of benzene rings is 1. The lowest BCUT2D eigenvalue weighted by atomic mass is 10.1. The van der Waals surface area contributed by atoms with Gasteiger partial charge in [0.15, 0.2) is 6.10 Å². The molecule has 0 spiro atoms. The second-order valence-corrected chi connectivity index (χ2v) is 4.74. The predicted octanol–water partition coefficient (Wildman–Crippen LogP) is 2.58. The van der Waals surface area contributed by atoms with Crippen LogP contribution in [0.5, 0.6) is 5.75 Å². The fourth-order valence-electron chi connectivity index (χ4n) is 2.11. The summed E-state index contributed by atoms with van der Waals surface area (Å²) in [5.41, 5.74) is 2.05. The van der Waals surface area contributed by atoms with Crippen LogP contribution < -0.4 is 9.64 Å². The number of carbonyl (C=O) groups excluding carboxylic acids is 2. The molecule has 1 unspecified atom stereocenters. The topological polar surface area (TPSA) is 46.6 Å². The van der Waals surface area contributed by atoms with E-state index in [4.69, 9.17) is 4.74 Å². The van der Waals surface area contributed by atoms with Crippen LogP contribution in [0.2, 0.25) is 0 Å². The number of nitrogens with zero attached hydrogens (tertiary/aromatic N) is 1. The van der Waals surface area contributed by atoms with Crippen molar-refractivity contribution in [2.75, 3.05) is 11.4 Å². The van der Waals surface area contributed by atoms with Gasteiger partial charge >= 0.3 is 0 Å². The van der Waals surface area contributed by atoms with Gasteiger partial charge in [-0.2, -0.15) is 0 Å². The summed E-state index contributed by atoms with van der Waals surface area (Å²) in [5, 5.41) is 0. The Bertz CT molecular complexity index is 536. The van der Waals surface area contributed by atoms with Gasteiger partial charge in [0.1, 0.15) is 12.0 Å². The Hall–Kier alpha value is -2.10. The van der Waals surface area contributed by atoms with Gasteiger partial charge in [-0.15, -0.1) is 0 Å². The fraction of sp³-hybridized carbons (Fsp3) is 0.333. The number of rotatable bonds is 4. The summed E-state index contributed by atoms with van der Waals surface area (Å²) < 4.78 is 5.67. The second kappa shape index (κ2) is 5.26. The van der Waals surface area contributed by atoms with E-state index in [1.54, 1.807) is 23.1 Å². The molecule has 0 fully saturated rings. The van der Waals surface area contributed by atoms with Crippen LogP contribution in [-0.2, 0) is 4.79 Å². The van der Waals surface area contributed by atoms with Crippen LogP contribution in [0, 0.1) is 0 Å². The quantitative estimate of drug-likeness (QED) is 0.616. The van der Waals surface area contributed by atoms with E-state index < -0.39 is 6.10 Å². The van der Waals surface area contributed by atoms with Crippen molar-refractivity contribution in [2.45, 2.75) is 26.4 Å². The monoisotopic (exact) mass is 259 g/mol. The molecule has 1 amide bonds. The summed E-state index contributed by atoms with van der Waals surface area (Å²) >= 11 is 0. The zero-order chi connectivity index (χ0) is 14.0. The number of amides is 1. The lowest BCUT2D eigenvalue weighted by Crippen LogP contribution is -2.46. The molecule has 2 rings (SSSR count). The molecule has 0 radical (unpaired) electrons. The van der Waals surface area contributed by atoms with Crippen LogP contribution in [0.25, 0.3) is 0 Å². The maximum atomic E-state index is 12.3. The van der Waals surface area contributed by atoms with E-state index in [9.17, 15) is 9.59 Å². The van der Waals surface area contributed by atoms with Crippen molar-refractivity contribution in [3.8, 4) is 5.75 Å². The van der Waals surface area contributed by atoms with Crippen molar-refractivity contribution < 1.29 is 14.3 Å². The molecule has 1 aliphatic heterocycles. The molecule has 0 N–H and O–H groups in total. The van der Waals surface area contributed by atoms with Crippen LogP contribution >= 0.6 is 0 Å². The summed E-state index contributed by atoms with van der Waals surface area (Å²) in [7, 11) is 0. The summed E-state index contributed by atoms with van der Waals surface area (Å²) in [5.74, 6) is 0.555. The predicted molar refractivity (Wildman–Crippen MR) is 73.7 cm³/mol. The average Bonchev–Trinajstić information content (AvgIpc) is 2.40. The number of carbonyl (C=O) groups is 2. The molecule has 0 aromatic heterocycles. The highest BCUT2D eigenvalue weighted by atomic mass is 16.5. The number of hydrogen-bond donors (Lipinski definition) is 0. The third-order valence-electron chi connectivity index (χ3n) is 3.02. The van der Waals surface area contributed by atoms with Crippen LogP contribution in [0.3, 0.4) is 0 Å². The highest BCUT2D eigenvalue weighted by molar-refractivity contribution is 6.01. The molecule has 0 bridgehead atoms. The molecule has 0 saturated carbocycles.